The van der Waals surface area contributed by atoms with Gasteiger partial charge in [-0.3, -0.25) is 9.69 Å². The maximum absolute atomic E-state index is 12.6. The Kier molecular flexibility index (Phi) is 6.13. The van der Waals surface area contributed by atoms with Crippen molar-refractivity contribution < 1.29 is 9.53 Å². The Morgan fingerprint density at radius 2 is 1.93 bits per heavy atom. The third-order valence-corrected chi connectivity index (χ3v) is 4.99. The number of carbonyl (C=O) groups is 1. The van der Waals surface area contributed by atoms with Crippen LogP contribution in [-0.2, 0) is 4.74 Å². The first-order valence-corrected chi connectivity index (χ1v) is 9.48. The Labute approximate surface area is 160 Å². The first kappa shape index (κ1) is 19.4. The molecule has 146 valence electrons. The molecule has 3 N–H and O–H groups in total. The first-order valence-electron chi connectivity index (χ1n) is 9.48. The van der Waals surface area contributed by atoms with Crippen LogP contribution in [0.1, 0.15) is 29.9 Å². The number of nitrogens with zero attached hydrogens (tertiary/aromatic N) is 3. The van der Waals surface area contributed by atoms with Crippen molar-refractivity contribution in [3.63, 3.8) is 0 Å². The molecule has 1 saturated heterocycles. The van der Waals surface area contributed by atoms with Crippen molar-refractivity contribution in [2.24, 2.45) is 5.92 Å². The Bertz CT molecular complexity index is 763. The van der Waals surface area contributed by atoms with E-state index in [9.17, 15) is 4.79 Å². The molecule has 0 bridgehead atoms. The molecule has 1 aromatic carbocycles. The Hall–Kier alpha value is -2.38. The lowest BCUT2D eigenvalue weighted by Crippen LogP contribution is -2.51. The summed E-state index contributed by atoms with van der Waals surface area (Å²) in [4.78, 5) is 15.0. The van der Waals surface area contributed by atoms with Crippen molar-refractivity contribution in [2.45, 2.75) is 26.8 Å². The van der Waals surface area contributed by atoms with Crippen LogP contribution >= 0.6 is 0 Å². The van der Waals surface area contributed by atoms with E-state index >= 15 is 0 Å². The molecule has 1 aliphatic heterocycles. The van der Waals surface area contributed by atoms with Gasteiger partial charge in [-0.1, -0.05) is 13.8 Å². The van der Waals surface area contributed by atoms with Crippen LogP contribution in [0.15, 0.2) is 30.3 Å². The minimum Gasteiger partial charge on any atom is -0.384 e. The number of nitrogen functional groups attached to an aromatic ring is 1. The lowest BCUT2D eigenvalue weighted by molar-refractivity contribution is 0.00673. The molecule has 3 rings (SSSR count). The molecule has 1 unspecified atom stereocenters. The summed E-state index contributed by atoms with van der Waals surface area (Å²) in [7, 11) is 0. The quantitative estimate of drug-likeness (QED) is 0.809. The van der Waals surface area contributed by atoms with E-state index in [1.54, 1.807) is 16.8 Å². The summed E-state index contributed by atoms with van der Waals surface area (Å²) in [6.45, 7) is 10.3. The number of aromatic nitrogens is 2. The number of rotatable bonds is 6. The van der Waals surface area contributed by atoms with Crippen molar-refractivity contribution in [1.29, 1.82) is 0 Å². The molecule has 1 amide bonds. The third-order valence-electron chi connectivity index (χ3n) is 4.99. The highest BCUT2D eigenvalue weighted by atomic mass is 16.5. The third kappa shape index (κ3) is 4.67. The van der Waals surface area contributed by atoms with Crippen LogP contribution < -0.4 is 11.1 Å². The fourth-order valence-electron chi connectivity index (χ4n) is 3.48. The van der Waals surface area contributed by atoms with Crippen molar-refractivity contribution >= 4 is 11.7 Å². The Morgan fingerprint density at radius 1 is 1.26 bits per heavy atom. The number of hydrogen-bond acceptors (Lipinski definition) is 5. The van der Waals surface area contributed by atoms with Gasteiger partial charge < -0.3 is 15.8 Å². The molecule has 2 aromatic rings. The van der Waals surface area contributed by atoms with E-state index in [1.165, 1.54) is 0 Å². The molecule has 1 aromatic heterocycles. The fourth-order valence-corrected chi connectivity index (χ4v) is 3.48. The molecule has 1 fully saturated rings. The summed E-state index contributed by atoms with van der Waals surface area (Å²) < 4.78 is 7.11. The minimum atomic E-state index is -0.0647. The lowest BCUT2D eigenvalue weighted by Gasteiger charge is -2.36. The molecule has 7 heteroatoms. The monoisotopic (exact) mass is 371 g/mol. The zero-order valence-electron chi connectivity index (χ0n) is 16.3. The highest BCUT2D eigenvalue weighted by Crippen LogP contribution is 2.16. The van der Waals surface area contributed by atoms with Crippen LogP contribution in [0.3, 0.4) is 0 Å². The van der Waals surface area contributed by atoms with Gasteiger partial charge in [-0.15, -0.1) is 0 Å². The van der Waals surface area contributed by atoms with Crippen molar-refractivity contribution in [1.82, 2.24) is 20.0 Å². The number of amides is 1. The van der Waals surface area contributed by atoms with Crippen molar-refractivity contribution in [3.05, 3.63) is 41.6 Å². The molecule has 0 saturated carbocycles. The van der Waals surface area contributed by atoms with Gasteiger partial charge in [-0.05, 0) is 37.1 Å². The second-order valence-electron chi connectivity index (χ2n) is 7.34. The second-order valence-corrected chi connectivity index (χ2v) is 7.34. The number of carbonyl (C=O) groups excluding carboxylic acids is 1. The van der Waals surface area contributed by atoms with Crippen LogP contribution in [0.5, 0.6) is 0 Å². The summed E-state index contributed by atoms with van der Waals surface area (Å²) in [5, 5.41) is 7.44. The summed E-state index contributed by atoms with van der Waals surface area (Å²) in [6, 6.07) is 9.46. The van der Waals surface area contributed by atoms with Gasteiger partial charge in [0.1, 0.15) is 5.82 Å². The van der Waals surface area contributed by atoms with Crippen molar-refractivity contribution in [2.75, 3.05) is 38.6 Å². The van der Waals surface area contributed by atoms with Crippen LogP contribution in [0.25, 0.3) is 5.69 Å². The summed E-state index contributed by atoms with van der Waals surface area (Å²) in [5.74, 6) is 0.969. The van der Waals surface area contributed by atoms with E-state index in [0.717, 1.165) is 37.7 Å². The van der Waals surface area contributed by atoms with Gasteiger partial charge in [0, 0.05) is 37.3 Å². The highest BCUT2D eigenvalue weighted by Gasteiger charge is 2.24. The molecular weight excluding hydrogens is 342 g/mol. The molecule has 0 aliphatic carbocycles. The van der Waals surface area contributed by atoms with Gasteiger partial charge in [0.25, 0.3) is 5.91 Å². The van der Waals surface area contributed by atoms with E-state index in [1.807, 2.05) is 25.1 Å². The van der Waals surface area contributed by atoms with Gasteiger partial charge in [0.05, 0.1) is 24.6 Å². The van der Waals surface area contributed by atoms with Gasteiger partial charge >= 0.3 is 0 Å². The number of aryl methyl sites for hydroxylation is 1. The highest BCUT2D eigenvalue weighted by molar-refractivity contribution is 5.94. The Balaban J connectivity index is 1.62. The zero-order valence-corrected chi connectivity index (χ0v) is 16.3. The SMILES string of the molecule is Cc1cc(N)n(-c2ccc(C(=O)NCC(C(C)C)N3CCOCC3)cc2)n1. The molecule has 2 heterocycles. The largest absolute Gasteiger partial charge is 0.384 e. The average molecular weight is 371 g/mol. The van der Waals surface area contributed by atoms with Crippen LogP contribution in [-0.4, -0.2) is 59.5 Å². The lowest BCUT2D eigenvalue weighted by atomic mass is 10.0. The minimum absolute atomic E-state index is 0.0647. The molecule has 1 atom stereocenters. The van der Waals surface area contributed by atoms with Crippen LogP contribution in [0.2, 0.25) is 0 Å². The number of nitrogens with two attached hydrogens (primary N) is 1. The van der Waals surface area contributed by atoms with E-state index in [0.29, 0.717) is 29.9 Å². The molecule has 27 heavy (non-hydrogen) atoms. The maximum atomic E-state index is 12.6. The van der Waals surface area contributed by atoms with Crippen LogP contribution in [0.4, 0.5) is 5.82 Å². The number of hydrogen-bond donors (Lipinski definition) is 2. The fraction of sp³-hybridized carbons (Fsp3) is 0.500. The maximum Gasteiger partial charge on any atom is 0.251 e. The zero-order chi connectivity index (χ0) is 19.4. The molecule has 7 nitrogen and oxygen atoms in total. The van der Waals surface area contributed by atoms with E-state index < -0.39 is 0 Å². The summed E-state index contributed by atoms with van der Waals surface area (Å²) in [5.41, 5.74) is 8.29. The number of benzene rings is 1. The number of nitrogens with one attached hydrogen (secondary N) is 1. The summed E-state index contributed by atoms with van der Waals surface area (Å²) >= 11 is 0. The molecular formula is C20H29N5O2. The summed E-state index contributed by atoms with van der Waals surface area (Å²) in [6.07, 6.45) is 0. The molecule has 1 aliphatic rings. The number of ether oxygens (including phenoxy) is 1. The number of anilines is 1. The van der Waals surface area contributed by atoms with Gasteiger partial charge in [0.15, 0.2) is 0 Å². The van der Waals surface area contributed by atoms with Gasteiger partial charge in [-0.2, -0.15) is 5.10 Å². The Morgan fingerprint density at radius 3 is 2.48 bits per heavy atom. The second kappa shape index (κ2) is 8.54. The van der Waals surface area contributed by atoms with E-state index in [2.05, 4.69) is 29.2 Å². The first-order chi connectivity index (χ1) is 13.0. The molecule has 0 spiro atoms. The van der Waals surface area contributed by atoms with Crippen LogP contribution in [0, 0.1) is 12.8 Å². The predicted octanol–water partition coefficient (Wildman–Crippen LogP) is 1.85. The van der Waals surface area contributed by atoms with Gasteiger partial charge in [0.2, 0.25) is 0 Å². The normalized spacial score (nSPS) is 16.4. The van der Waals surface area contributed by atoms with E-state index in [4.69, 9.17) is 10.5 Å². The topological polar surface area (TPSA) is 85.4 Å². The molecule has 0 radical (unpaired) electrons. The average Bonchev–Trinajstić information content (AvgIpc) is 3.00. The predicted molar refractivity (Wildman–Crippen MR) is 106 cm³/mol. The number of morpholine rings is 1. The smallest absolute Gasteiger partial charge is 0.251 e. The standard InChI is InChI=1S/C20H29N5O2/c1-14(2)18(24-8-10-27-11-9-24)13-22-20(26)16-4-6-17(7-5-16)25-19(21)12-15(3)23-25/h4-7,12,14,18H,8-11,13,21H2,1-3H3,(H,22,26). The van der Waals surface area contributed by atoms with Crippen molar-refractivity contribution in [3.8, 4) is 5.69 Å². The van der Waals surface area contributed by atoms with Gasteiger partial charge in [-0.25, -0.2) is 4.68 Å². The van der Waals surface area contributed by atoms with E-state index in [-0.39, 0.29) is 5.91 Å².